The predicted molar refractivity (Wildman–Crippen MR) is 77.9 cm³/mol. The SMILES string of the molecule is Cc1cc(Oc2nc(Cl)c(C=O)s2)ccc1C(C)C. The van der Waals surface area contributed by atoms with Gasteiger partial charge in [0.25, 0.3) is 5.19 Å². The van der Waals surface area contributed by atoms with E-state index in [4.69, 9.17) is 16.3 Å². The van der Waals surface area contributed by atoms with E-state index in [0.717, 1.165) is 11.3 Å². The van der Waals surface area contributed by atoms with Crippen molar-refractivity contribution in [1.82, 2.24) is 4.98 Å². The van der Waals surface area contributed by atoms with Crippen LogP contribution in [0.15, 0.2) is 18.2 Å². The highest BCUT2D eigenvalue weighted by Crippen LogP contribution is 2.32. The zero-order chi connectivity index (χ0) is 14.0. The number of carbonyl (C=O) groups is 1. The van der Waals surface area contributed by atoms with Crippen LogP contribution in [0.4, 0.5) is 0 Å². The van der Waals surface area contributed by atoms with Crippen LogP contribution in [0.2, 0.25) is 5.15 Å². The first kappa shape index (κ1) is 14.0. The van der Waals surface area contributed by atoms with Crippen LogP contribution < -0.4 is 4.74 Å². The molecule has 1 aromatic carbocycles. The number of aldehydes is 1. The molecule has 19 heavy (non-hydrogen) atoms. The molecule has 5 heteroatoms. The Morgan fingerprint density at radius 1 is 1.42 bits per heavy atom. The third-order valence-corrected chi connectivity index (χ3v) is 4.02. The van der Waals surface area contributed by atoms with Crippen LogP contribution in [0.3, 0.4) is 0 Å². The molecule has 0 fully saturated rings. The Bertz CT molecular complexity index is 607. The van der Waals surface area contributed by atoms with Gasteiger partial charge >= 0.3 is 0 Å². The van der Waals surface area contributed by atoms with Crippen molar-refractivity contribution in [2.75, 3.05) is 0 Å². The highest BCUT2D eigenvalue weighted by Gasteiger charge is 2.11. The molecule has 0 aliphatic carbocycles. The first-order valence-corrected chi connectivity index (χ1v) is 7.10. The minimum atomic E-state index is 0.186. The van der Waals surface area contributed by atoms with Crippen molar-refractivity contribution in [1.29, 1.82) is 0 Å². The van der Waals surface area contributed by atoms with Gasteiger partial charge in [-0.25, -0.2) is 0 Å². The molecule has 100 valence electrons. The molecule has 0 radical (unpaired) electrons. The average Bonchev–Trinajstić information content (AvgIpc) is 2.69. The van der Waals surface area contributed by atoms with Crippen molar-refractivity contribution in [3.63, 3.8) is 0 Å². The molecule has 0 atom stereocenters. The van der Waals surface area contributed by atoms with Crippen molar-refractivity contribution in [3.8, 4) is 10.9 Å². The van der Waals surface area contributed by atoms with E-state index in [1.165, 1.54) is 11.1 Å². The van der Waals surface area contributed by atoms with Crippen LogP contribution in [0, 0.1) is 6.92 Å². The largest absolute Gasteiger partial charge is 0.431 e. The lowest BCUT2D eigenvalue weighted by atomic mass is 9.98. The van der Waals surface area contributed by atoms with Crippen molar-refractivity contribution in [3.05, 3.63) is 39.4 Å². The summed E-state index contributed by atoms with van der Waals surface area (Å²) in [6, 6.07) is 5.91. The average molecular weight is 296 g/mol. The predicted octanol–water partition coefficient (Wildman–Crippen LogP) is 4.83. The van der Waals surface area contributed by atoms with Crippen LogP contribution >= 0.6 is 22.9 Å². The number of ether oxygens (including phenoxy) is 1. The summed E-state index contributed by atoms with van der Waals surface area (Å²) in [6.45, 7) is 6.35. The Balaban J connectivity index is 2.23. The Labute approximate surface area is 121 Å². The lowest BCUT2D eigenvalue weighted by molar-refractivity contribution is 0.112. The van der Waals surface area contributed by atoms with Gasteiger partial charge in [0.1, 0.15) is 10.6 Å². The third-order valence-electron chi connectivity index (χ3n) is 2.77. The zero-order valence-corrected chi connectivity index (χ0v) is 12.5. The van der Waals surface area contributed by atoms with Crippen LogP contribution in [0.5, 0.6) is 10.9 Å². The van der Waals surface area contributed by atoms with Gasteiger partial charge in [-0.1, -0.05) is 42.9 Å². The molecular formula is C14H14ClNO2S. The van der Waals surface area contributed by atoms with Crippen LogP contribution in [0.1, 0.15) is 40.6 Å². The monoisotopic (exact) mass is 295 g/mol. The van der Waals surface area contributed by atoms with E-state index in [0.29, 0.717) is 28.0 Å². The number of hydrogen-bond acceptors (Lipinski definition) is 4. The van der Waals surface area contributed by atoms with Crippen molar-refractivity contribution in [2.24, 2.45) is 0 Å². The van der Waals surface area contributed by atoms with Crippen molar-refractivity contribution in [2.45, 2.75) is 26.7 Å². The summed E-state index contributed by atoms with van der Waals surface area (Å²) in [5.74, 6) is 1.18. The second-order valence-corrected chi connectivity index (χ2v) is 5.88. The second kappa shape index (κ2) is 5.72. The molecule has 0 aliphatic heterocycles. The molecule has 1 heterocycles. The maximum atomic E-state index is 10.7. The highest BCUT2D eigenvalue weighted by atomic mass is 35.5. The number of aromatic nitrogens is 1. The number of thiazole rings is 1. The number of halogens is 1. The van der Waals surface area contributed by atoms with Gasteiger partial charge in [-0.3, -0.25) is 4.79 Å². The van der Waals surface area contributed by atoms with E-state index >= 15 is 0 Å². The van der Waals surface area contributed by atoms with Gasteiger partial charge in [0.2, 0.25) is 0 Å². The fourth-order valence-corrected chi connectivity index (χ4v) is 2.80. The Hall–Kier alpha value is -1.39. The molecule has 0 saturated heterocycles. The number of rotatable bonds is 4. The van der Waals surface area contributed by atoms with Crippen molar-refractivity contribution >= 4 is 29.2 Å². The van der Waals surface area contributed by atoms with E-state index in [9.17, 15) is 4.79 Å². The Morgan fingerprint density at radius 3 is 2.68 bits per heavy atom. The standard InChI is InChI=1S/C14H14ClNO2S/c1-8(2)11-5-4-10(6-9(11)3)18-14-16-13(15)12(7-17)19-14/h4-8H,1-3H3. The minimum Gasteiger partial charge on any atom is -0.431 e. The van der Waals surface area contributed by atoms with Gasteiger partial charge in [0.05, 0.1) is 0 Å². The lowest BCUT2D eigenvalue weighted by Crippen LogP contribution is -1.92. The van der Waals surface area contributed by atoms with Gasteiger partial charge in [-0.05, 0) is 36.1 Å². The fourth-order valence-electron chi connectivity index (χ4n) is 1.87. The second-order valence-electron chi connectivity index (χ2n) is 4.53. The van der Waals surface area contributed by atoms with E-state index in [2.05, 4.69) is 18.8 Å². The molecular weight excluding hydrogens is 282 g/mol. The minimum absolute atomic E-state index is 0.186. The summed E-state index contributed by atoms with van der Waals surface area (Å²) in [5, 5.41) is 0.564. The summed E-state index contributed by atoms with van der Waals surface area (Å²) in [4.78, 5) is 15.1. The number of carbonyl (C=O) groups excluding carboxylic acids is 1. The number of benzene rings is 1. The first-order valence-electron chi connectivity index (χ1n) is 5.91. The smallest absolute Gasteiger partial charge is 0.280 e. The Morgan fingerprint density at radius 2 is 2.16 bits per heavy atom. The molecule has 0 unspecified atom stereocenters. The molecule has 0 saturated carbocycles. The summed E-state index contributed by atoms with van der Waals surface area (Å²) in [5.41, 5.74) is 2.46. The van der Waals surface area contributed by atoms with Gasteiger partial charge in [-0.2, -0.15) is 4.98 Å². The van der Waals surface area contributed by atoms with E-state index < -0.39 is 0 Å². The van der Waals surface area contributed by atoms with Crippen LogP contribution in [-0.4, -0.2) is 11.3 Å². The van der Waals surface area contributed by atoms with Gasteiger partial charge in [0, 0.05) is 0 Å². The summed E-state index contributed by atoms with van der Waals surface area (Å²) in [6.07, 6.45) is 0.681. The van der Waals surface area contributed by atoms with Crippen LogP contribution in [-0.2, 0) is 0 Å². The number of nitrogens with zero attached hydrogens (tertiary/aromatic N) is 1. The molecule has 0 spiro atoms. The van der Waals surface area contributed by atoms with E-state index in [-0.39, 0.29) is 5.15 Å². The van der Waals surface area contributed by atoms with E-state index in [1.807, 2.05) is 25.1 Å². The van der Waals surface area contributed by atoms with Gasteiger partial charge in [0.15, 0.2) is 11.4 Å². The zero-order valence-electron chi connectivity index (χ0n) is 10.9. The van der Waals surface area contributed by atoms with Crippen LogP contribution in [0.25, 0.3) is 0 Å². The highest BCUT2D eigenvalue weighted by molar-refractivity contribution is 7.15. The molecule has 0 N–H and O–H groups in total. The normalized spacial score (nSPS) is 10.8. The van der Waals surface area contributed by atoms with Gasteiger partial charge < -0.3 is 4.74 Å². The maximum Gasteiger partial charge on any atom is 0.280 e. The number of hydrogen-bond donors (Lipinski definition) is 0. The van der Waals surface area contributed by atoms with Crippen molar-refractivity contribution < 1.29 is 9.53 Å². The van der Waals surface area contributed by atoms with E-state index in [1.54, 1.807) is 0 Å². The number of aryl methyl sites for hydroxylation is 1. The Kier molecular flexibility index (Phi) is 4.22. The maximum absolute atomic E-state index is 10.7. The molecule has 2 aromatic rings. The topological polar surface area (TPSA) is 39.2 Å². The van der Waals surface area contributed by atoms with Gasteiger partial charge in [-0.15, -0.1) is 0 Å². The fraction of sp³-hybridized carbons (Fsp3) is 0.286. The first-order chi connectivity index (χ1) is 9.01. The molecule has 0 amide bonds. The summed E-state index contributed by atoms with van der Waals surface area (Å²) in [7, 11) is 0. The summed E-state index contributed by atoms with van der Waals surface area (Å²) >= 11 is 6.93. The molecule has 2 rings (SSSR count). The quantitative estimate of drug-likeness (QED) is 0.758. The third kappa shape index (κ3) is 3.14. The molecule has 3 nitrogen and oxygen atoms in total. The molecule has 0 bridgehead atoms. The lowest BCUT2D eigenvalue weighted by Gasteiger charge is -2.11. The molecule has 0 aliphatic rings. The molecule has 1 aromatic heterocycles. The summed E-state index contributed by atoms with van der Waals surface area (Å²) < 4.78 is 5.62.